The fourth-order valence-electron chi connectivity index (χ4n) is 2.97. The minimum Gasteiger partial charge on any atom is -0.496 e. The second-order valence-electron chi connectivity index (χ2n) is 6.51. The van der Waals surface area contributed by atoms with Crippen LogP contribution < -0.4 is 18.5 Å². The van der Waals surface area contributed by atoms with Crippen LogP contribution >= 0.6 is 0 Å². The van der Waals surface area contributed by atoms with Gasteiger partial charge in [0, 0.05) is 25.2 Å². The molecule has 0 unspecified atom stereocenters. The van der Waals surface area contributed by atoms with Crippen molar-refractivity contribution in [3.05, 3.63) is 48.0 Å². The summed E-state index contributed by atoms with van der Waals surface area (Å²) in [4.78, 5) is 14.3. The summed E-state index contributed by atoms with van der Waals surface area (Å²) in [5.41, 5.74) is 1.19. The van der Waals surface area contributed by atoms with Crippen LogP contribution in [0.5, 0.6) is 17.2 Å². The van der Waals surface area contributed by atoms with Gasteiger partial charge in [-0.3, -0.25) is 9.10 Å². The normalized spacial score (nSPS) is 12.5. The first-order valence-corrected chi connectivity index (χ1v) is 10.7. The third-order valence-electron chi connectivity index (χ3n) is 4.65. The SMILES string of the molecule is CCS(=O)(=O)N(CC(=O)N(C)Cc1ccccc1OC)c1ccc2c(c1)OCO2. The first-order chi connectivity index (χ1) is 13.9. The summed E-state index contributed by atoms with van der Waals surface area (Å²) in [5.74, 6) is 1.19. The van der Waals surface area contributed by atoms with Crippen LogP contribution in [0, 0.1) is 0 Å². The van der Waals surface area contributed by atoms with Crippen molar-refractivity contribution in [2.45, 2.75) is 13.5 Å². The highest BCUT2D eigenvalue weighted by Crippen LogP contribution is 2.36. The molecule has 3 rings (SSSR count). The molecule has 0 aromatic heterocycles. The van der Waals surface area contributed by atoms with E-state index in [-0.39, 0.29) is 25.0 Å². The Morgan fingerprint density at radius 2 is 1.86 bits per heavy atom. The highest BCUT2D eigenvalue weighted by molar-refractivity contribution is 7.92. The van der Waals surface area contributed by atoms with E-state index < -0.39 is 10.0 Å². The van der Waals surface area contributed by atoms with Crippen LogP contribution in [0.1, 0.15) is 12.5 Å². The molecule has 1 amide bonds. The van der Waals surface area contributed by atoms with E-state index >= 15 is 0 Å². The van der Waals surface area contributed by atoms with Crippen LogP contribution in [-0.2, 0) is 21.4 Å². The van der Waals surface area contributed by atoms with Gasteiger partial charge in [-0.2, -0.15) is 0 Å². The van der Waals surface area contributed by atoms with Crippen molar-refractivity contribution >= 4 is 21.6 Å². The van der Waals surface area contributed by atoms with Gasteiger partial charge in [-0.1, -0.05) is 18.2 Å². The minimum absolute atomic E-state index is 0.0832. The molecule has 1 aliphatic heterocycles. The predicted molar refractivity (Wildman–Crippen MR) is 109 cm³/mol. The molecule has 0 radical (unpaired) electrons. The topological polar surface area (TPSA) is 85.4 Å². The number of anilines is 1. The lowest BCUT2D eigenvalue weighted by Gasteiger charge is -2.26. The van der Waals surface area contributed by atoms with Crippen LogP contribution in [0.3, 0.4) is 0 Å². The maximum atomic E-state index is 12.9. The number of methoxy groups -OCH3 is 1. The zero-order chi connectivity index (χ0) is 21.0. The standard InChI is InChI=1S/C20H24N2O6S/c1-4-29(24,25)22(16-9-10-18-19(11-16)28-14-27-18)13-20(23)21(2)12-15-7-5-6-8-17(15)26-3/h5-11H,4,12-14H2,1-3H3. The Bertz CT molecular complexity index is 992. The monoisotopic (exact) mass is 420 g/mol. The number of para-hydroxylation sites is 1. The molecule has 0 saturated heterocycles. The number of fused-ring (bicyclic) bond motifs is 1. The third-order valence-corrected chi connectivity index (χ3v) is 6.39. The Kier molecular flexibility index (Phi) is 6.17. The summed E-state index contributed by atoms with van der Waals surface area (Å²) < 4.78 is 42.4. The number of carbonyl (C=O) groups is 1. The Morgan fingerprint density at radius 1 is 1.14 bits per heavy atom. The van der Waals surface area contributed by atoms with Gasteiger partial charge in [-0.25, -0.2) is 8.42 Å². The van der Waals surface area contributed by atoms with Gasteiger partial charge in [-0.05, 0) is 25.1 Å². The van der Waals surface area contributed by atoms with Crippen molar-refractivity contribution in [2.75, 3.05) is 37.6 Å². The highest BCUT2D eigenvalue weighted by atomic mass is 32.2. The lowest BCUT2D eigenvalue weighted by Crippen LogP contribution is -2.42. The molecule has 8 nitrogen and oxygen atoms in total. The lowest BCUT2D eigenvalue weighted by atomic mass is 10.2. The average molecular weight is 420 g/mol. The van der Waals surface area contributed by atoms with E-state index in [9.17, 15) is 13.2 Å². The first-order valence-electron chi connectivity index (χ1n) is 9.11. The summed E-state index contributed by atoms with van der Waals surface area (Å²) in [5, 5.41) is 0. The van der Waals surface area contributed by atoms with Crippen molar-refractivity contribution in [3.63, 3.8) is 0 Å². The number of amides is 1. The van der Waals surface area contributed by atoms with Gasteiger partial charge < -0.3 is 19.1 Å². The molecule has 0 saturated carbocycles. The zero-order valence-electron chi connectivity index (χ0n) is 16.6. The van der Waals surface area contributed by atoms with E-state index in [1.165, 1.54) is 4.90 Å². The first kappa shape index (κ1) is 20.8. The molecule has 2 aromatic rings. The average Bonchev–Trinajstić information content (AvgIpc) is 3.19. The Labute approximate surface area is 170 Å². The third kappa shape index (κ3) is 4.56. The Balaban J connectivity index is 1.81. The number of ether oxygens (including phenoxy) is 3. The summed E-state index contributed by atoms with van der Waals surface area (Å²) in [6, 6.07) is 12.2. The number of hydrogen-bond donors (Lipinski definition) is 0. The molecular weight excluding hydrogens is 396 g/mol. The molecule has 1 heterocycles. The molecule has 0 bridgehead atoms. The maximum absolute atomic E-state index is 12.9. The van der Waals surface area contributed by atoms with E-state index in [1.807, 2.05) is 24.3 Å². The number of nitrogens with zero attached hydrogens (tertiary/aromatic N) is 2. The summed E-state index contributed by atoms with van der Waals surface area (Å²) in [6.45, 7) is 1.60. The largest absolute Gasteiger partial charge is 0.496 e. The summed E-state index contributed by atoms with van der Waals surface area (Å²) in [7, 11) is -0.485. The second-order valence-corrected chi connectivity index (χ2v) is 8.69. The van der Waals surface area contributed by atoms with Gasteiger partial charge in [0.15, 0.2) is 11.5 Å². The van der Waals surface area contributed by atoms with Crippen LogP contribution in [0.4, 0.5) is 5.69 Å². The summed E-state index contributed by atoms with van der Waals surface area (Å²) in [6.07, 6.45) is 0. The summed E-state index contributed by atoms with van der Waals surface area (Å²) >= 11 is 0. The number of rotatable bonds is 8. The fraction of sp³-hybridized carbons (Fsp3) is 0.350. The van der Waals surface area contributed by atoms with Crippen LogP contribution in [0.25, 0.3) is 0 Å². The second kappa shape index (κ2) is 8.60. The van der Waals surface area contributed by atoms with Crippen LogP contribution in [-0.4, -0.2) is 52.5 Å². The number of sulfonamides is 1. The minimum atomic E-state index is -3.68. The Morgan fingerprint density at radius 3 is 2.59 bits per heavy atom. The quantitative estimate of drug-likeness (QED) is 0.651. The maximum Gasteiger partial charge on any atom is 0.243 e. The van der Waals surface area contributed by atoms with E-state index in [4.69, 9.17) is 14.2 Å². The van der Waals surface area contributed by atoms with Gasteiger partial charge in [0.1, 0.15) is 12.3 Å². The van der Waals surface area contributed by atoms with Crippen molar-refractivity contribution in [1.82, 2.24) is 4.90 Å². The van der Waals surface area contributed by atoms with Crippen molar-refractivity contribution in [3.8, 4) is 17.2 Å². The number of hydrogen-bond acceptors (Lipinski definition) is 6. The molecule has 2 aromatic carbocycles. The van der Waals surface area contributed by atoms with E-state index in [0.717, 1.165) is 9.87 Å². The molecule has 0 fully saturated rings. The molecule has 0 atom stereocenters. The Hall–Kier alpha value is -2.94. The molecule has 156 valence electrons. The predicted octanol–water partition coefficient (Wildman–Crippen LogP) is 2.24. The van der Waals surface area contributed by atoms with E-state index in [0.29, 0.717) is 29.5 Å². The van der Waals surface area contributed by atoms with Crippen LogP contribution in [0.15, 0.2) is 42.5 Å². The van der Waals surface area contributed by atoms with E-state index in [1.54, 1.807) is 39.3 Å². The number of carbonyl (C=O) groups excluding carboxylic acids is 1. The molecular formula is C20H24N2O6S. The fourth-order valence-corrected chi connectivity index (χ4v) is 4.02. The highest BCUT2D eigenvalue weighted by Gasteiger charge is 2.27. The molecule has 0 aliphatic carbocycles. The lowest BCUT2D eigenvalue weighted by molar-refractivity contribution is -0.128. The van der Waals surface area contributed by atoms with Crippen molar-refractivity contribution < 1.29 is 27.4 Å². The molecule has 29 heavy (non-hydrogen) atoms. The van der Waals surface area contributed by atoms with Gasteiger partial charge in [0.2, 0.25) is 22.7 Å². The van der Waals surface area contributed by atoms with Crippen LogP contribution in [0.2, 0.25) is 0 Å². The molecule has 0 N–H and O–H groups in total. The van der Waals surface area contributed by atoms with Crippen molar-refractivity contribution in [2.24, 2.45) is 0 Å². The molecule has 1 aliphatic rings. The van der Waals surface area contributed by atoms with Crippen molar-refractivity contribution in [1.29, 1.82) is 0 Å². The van der Waals surface area contributed by atoms with Gasteiger partial charge in [0.25, 0.3) is 0 Å². The molecule has 0 spiro atoms. The van der Waals surface area contributed by atoms with Gasteiger partial charge >= 0.3 is 0 Å². The number of likely N-dealkylation sites (N-methyl/N-ethyl adjacent to an activating group) is 1. The van der Waals surface area contributed by atoms with Gasteiger partial charge in [-0.15, -0.1) is 0 Å². The van der Waals surface area contributed by atoms with Gasteiger partial charge in [0.05, 0.1) is 18.6 Å². The zero-order valence-corrected chi connectivity index (χ0v) is 17.4. The van der Waals surface area contributed by atoms with E-state index in [2.05, 4.69) is 0 Å². The smallest absolute Gasteiger partial charge is 0.243 e. The molecule has 9 heteroatoms. The number of benzene rings is 2.